The Morgan fingerprint density at radius 3 is 2.39 bits per heavy atom. The van der Waals surface area contributed by atoms with Gasteiger partial charge in [0.1, 0.15) is 17.4 Å². The zero-order valence-corrected chi connectivity index (χ0v) is 13.9. The molecule has 2 aromatic rings. The van der Waals surface area contributed by atoms with E-state index in [1.807, 2.05) is 26.1 Å². The average molecular weight is 319 g/mol. The summed E-state index contributed by atoms with van der Waals surface area (Å²) in [5.41, 5.74) is 1.78. The Morgan fingerprint density at radius 2 is 1.78 bits per heavy atom. The van der Waals surface area contributed by atoms with E-state index in [0.29, 0.717) is 5.56 Å². The first kappa shape index (κ1) is 17.4. The summed E-state index contributed by atoms with van der Waals surface area (Å²) in [5.74, 6) is -0.175. The number of ether oxygens (including phenoxy) is 1. The Bertz CT molecular complexity index is 628. The second-order valence-corrected chi connectivity index (χ2v) is 5.77. The fourth-order valence-electron chi connectivity index (χ4n) is 2.60. The maximum Gasteiger partial charge on any atom is 0.130 e. The molecule has 0 aliphatic heterocycles. The minimum absolute atomic E-state index is 0.0912. The first-order chi connectivity index (χ1) is 11.0. The van der Waals surface area contributed by atoms with Crippen LogP contribution in [0, 0.1) is 11.6 Å². The molecule has 0 aliphatic rings. The largest absolute Gasteiger partial charge is 0.497 e. The number of rotatable bonds is 7. The summed E-state index contributed by atoms with van der Waals surface area (Å²) in [6.45, 7) is 2.77. The van der Waals surface area contributed by atoms with Gasteiger partial charge < -0.3 is 4.74 Å². The molecule has 0 radical (unpaired) electrons. The minimum atomic E-state index is -0.541. The van der Waals surface area contributed by atoms with Crippen LogP contribution in [0.15, 0.2) is 42.5 Å². The van der Waals surface area contributed by atoms with Gasteiger partial charge in [-0.2, -0.15) is 0 Å². The Morgan fingerprint density at radius 1 is 1.09 bits per heavy atom. The second kappa shape index (κ2) is 8.06. The van der Waals surface area contributed by atoms with Crippen LogP contribution in [0.1, 0.15) is 30.5 Å². The summed E-state index contributed by atoms with van der Waals surface area (Å²) in [4.78, 5) is 2.08. The van der Waals surface area contributed by atoms with Crippen LogP contribution in [-0.4, -0.2) is 25.6 Å². The van der Waals surface area contributed by atoms with Crippen molar-refractivity contribution in [2.24, 2.45) is 0 Å². The molecule has 2 nitrogen and oxygen atoms in total. The molecular formula is C19H23F2NO. The van der Waals surface area contributed by atoms with Gasteiger partial charge >= 0.3 is 0 Å². The van der Waals surface area contributed by atoms with Gasteiger partial charge in [0.15, 0.2) is 0 Å². The zero-order chi connectivity index (χ0) is 16.8. The molecule has 124 valence electrons. The van der Waals surface area contributed by atoms with Crippen molar-refractivity contribution in [1.29, 1.82) is 0 Å². The molecule has 0 spiro atoms. The highest BCUT2D eigenvalue weighted by atomic mass is 19.1. The van der Waals surface area contributed by atoms with E-state index in [0.717, 1.165) is 31.2 Å². The van der Waals surface area contributed by atoms with Crippen LogP contribution in [0.3, 0.4) is 0 Å². The van der Waals surface area contributed by atoms with Gasteiger partial charge in [0.05, 0.1) is 7.11 Å². The number of aryl methyl sites for hydroxylation is 1. The van der Waals surface area contributed by atoms with Crippen LogP contribution in [0.2, 0.25) is 0 Å². The quantitative estimate of drug-likeness (QED) is 0.739. The molecule has 2 aromatic carbocycles. The van der Waals surface area contributed by atoms with Crippen molar-refractivity contribution in [3.63, 3.8) is 0 Å². The molecule has 0 saturated carbocycles. The van der Waals surface area contributed by atoms with Crippen molar-refractivity contribution in [3.05, 3.63) is 65.2 Å². The number of benzene rings is 2. The summed E-state index contributed by atoms with van der Waals surface area (Å²) < 4.78 is 32.0. The zero-order valence-electron chi connectivity index (χ0n) is 13.9. The van der Waals surface area contributed by atoms with E-state index in [9.17, 15) is 8.78 Å². The van der Waals surface area contributed by atoms with Crippen LogP contribution in [0.25, 0.3) is 0 Å². The molecule has 0 heterocycles. The maximum atomic E-state index is 13.8. The van der Waals surface area contributed by atoms with Crippen molar-refractivity contribution in [2.45, 2.75) is 25.8 Å². The van der Waals surface area contributed by atoms with Gasteiger partial charge in [-0.3, -0.25) is 4.90 Å². The third-order valence-electron chi connectivity index (χ3n) is 4.21. The minimum Gasteiger partial charge on any atom is -0.497 e. The van der Waals surface area contributed by atoms with Crippen LogP contribution in [0.4, 0.5) is 8.78 Å². The Hall–Kier alpha value is -1.94. The van der Waals surface area contributed by atoms with E-state index >= 15 is 0 Å². The molecule has 1 atom stereocenters. The molecule has 0 saturated heterocycles. The van der Waals surface area contributed by atoms with Gasteiger partial charge in [-0.1, -0.05) is 18.2 Å². The Balaban J connectivity index is 1.87. The van der Waals surface area contributed by atoms with Crippen molar-refractivity contribution in [2.75, 3.05) is 20.7 Å². The van der Waals surface area contributed by atoms with E-state index in [1.165, 1.54) is 17.7 Å². The number of halogens is 2. The molecule has 0 aliphatic carbocycles. The molecule has 0 bridgehead atoms. The molecule has 23 heavy (non-hydrogen) atoms. The summed E-state index contributed by atoms with van der Waals surface area (Å²) in [6.07, 6.45) is 1.92. The number of methoxy groups -OCH3 is 1. The highest BCUT2D eigenvalue weighted by Gasteiger charge is 2.15. The van der Waals surface area contributed by atoms with E-state index in [1.54, 1.807) is 7.11 Å². The van der Waals surface area contributed by atoms with Crippen molar-refractivity contribution in [1.82, 2.24) is 4.90 Å². The van der Waals surface area contributed by atoms with Crippen LogP contribution in [0.5, 0.6) is 5.75 Å². The first-order valence-corrected chi connectivity index (χ1v) is 7.79. The van der Waals surface area contributed by atoms with Gasteiger partial charge in [-0.15, -0.1) is 0 Å². The van der Waals surface area contributed by atoms with E-state index < -0.39 is 11.6 Å². The fraction of sp³-hybridized carbons (Fsp3) is 0.368. The molecule has 0 aromatic heterocycles. The van der Waals surface area contributed by atoms with Crippen LogP contribution < -0.4 is 4.74 Å². The maximum absolute atomic E-state index is 13.8. The lowest BCUT2D eigenvalue weighted by atomic mass is 10.1. The normalized spacial score (nSPS) is 12.4. The summed E-state index contributed by atoms with van der Waals surface area (Å²) in [5, 5.41) is 0. The van der Waals surface area contributed by atoms with E-state index in [-0.39, 0.29) is 6.04 Å². The summed E-state index contributed by atoms with van der Waals surface area (Å²) >= 11 is 0. The standard InChI is InChI=1S/C19H23F2NO/c1-14(18-11-8-16(20)13-19(18)21)22(2)12-4-5-15-6-9-17(23-3)10-7-15/h6-11,13-14H,4-5,12H2,1-3H3. The Kier molecular flexibility index (Phi) is 6.11. The Labute approximate surface area is 136 Å². The highest BCUT2D eigenvalue weighted by Crippen LogP contribution is 2.23. The third kappa shape index (κ3) is 4.76. The molecule has 4 heteroatoms. The predicted octanol–water partition coefficient (Wildman–Crippen LogP) is 4.60. The topological polar surface area (TPSA) is 12.5 Å². The smallest absolute Gasteiger partial charge is 0.130 e. The first-order valence-electron chi connectivity index (χ1n) is 7.79. The van der Waals surface area contributed by atoms with Gasteiger partial charge in [0.2, 0.25) is 0 Å². The van der Waals surface area contributed by atoms with Gasteiger partial charge in [0.25, 0.3) is 0 Å². The number of nitrogens with zero attached hydrogens (tertiary/aromatic N) is 1. The molecule has 0 fully saturated rings. The second-order valence-electron chi connectivity index (χ2n) is 5.77. The van der Waals surface area contributed by atoms with Crippen molar-refractivity contribution >= 4 is 0 Å². The lowest BCUT2D eigenvalue weighted by molar-refractivity contribution is 0.253. The predicted molar refractivity (Wildman–Crippen MR) is 88.7 cm³/mol. The monoisotopic (exact) mass is 319 g/mol. The lowest BCUT2D eigenvalue weighted by Crippen LogP contribution is -2.24. The van der Waals surface area contributed by atoms with Crippen LogP contribution in [-0.2, 0) is 6.42 Å². The number of hydrogen-bond acceptors (Lipinski definition) is 2. The van der Waals surface area contributed by atoms with Gasteiger partial charge in [-0.05, 0) is 57.1 Å². The number of hydrogen-bond donors (Lipinski definition) is 0. The van der Waals surface area contributed by atoms with Gasteiger partial charge in [-0.25, -0.2) is 8.78 Å². The summed E-state index contributed by atoms with van der Waals surface area (Å²) in [6, 6.07) is 11.7. The van der Waals surface area contributed by atoms with Crippen molar-refractivity contribution < 1.29 is 13.5 Å². The highest BCUT2D eigenvalue weighted by molar-refractivity contribution is 5.27. The molecular weight excluding hydrogens is 296 g/mol. The molecule has 0 N–H and O–H groups in total. The molecule has 1 unspecified atom stereocenters. The lowest BCUT2D eigenvalue weighted by Gasteiger charge is -2.25. The molecule has 0 amide bonds. The van der Waals surface area contributed by atoms with Crippen LogP contribution >= 0.6 is 0 Å². The fourth-order valence-corrected chi connectivity index (χ4v) is 2.60. The SMILES string of the molecule is COc1ccc(CCCN(C)C(C)c2ccc(F)cc2F)cc1. The van der Waals surface area contributed by atoms with Gasteiger partial charge in [0, 0.05) is 17.7 Å². The third-order valence-corrected chi connectivity index (χ3v) is 4.21. The summed E-state index contributed by atoms with van der Waals surface area (Å²) in [7, 11) is 3.61. The van der Waals surface area contributed by atoms with Crippen molar-refractivity contribution in [3.8, 4) is 5.75 Å². The molecule has 2 rings (SSSR count). The van der Waals surface area contributed by atoms with E-state index in [4.69, 9.17) is 4.74 Å². The average Bonchev–Trinajstić information content (AvgIpc) is 2.55. The van der Waals surface area contributed by atoms with E-state index in [2.05, 4.69) is 17.0 Å².